The predicted molar refractivity (Wildman–Crippen MR) is 106 cm³/mol. The highest BCUT2D eigenvalue weighted by Gasteiger charge is 2.67. The molecule has 27 heavy (non-hydrogen) atoms. The van der Waals surface area contributed by atoms with Crippen LogP contribution in [0.3, 0.4) is 0 Å². The van der Waals surface area contributed by atoms with Gasteiger partial charge in [0.15, 0.2) is 0 Å². The Morgan fingerprint density at radius 1 is 1.07 bits per heavy atom. The van der Waals surface area contributed by atoms with Gasteiger partial charge in [-0.25, -0.2) is 0 Å². The number of carbonyl (C=O) groups is 1. The first-order valence-electron chi connectivity index (χ1n) is 11.1. The molecule has 4 rings (SSSR count). The molecule has 0 bridgehead atoms. The van der Waals surface area contributed by atoms with E-state index < -0.39 is 0 Å². The van der Waals surface area contributed by atoms with Gasteiger partial charge >= 0.3 is 5.97 Å². The normalized spacial score (nSPS) is 53.4. The lowest BCUT2D eigenvalue weighted by Gasteiger charge is -2.67. The molecular weight excluding hydrogens is 338 g/mol. The molecule has 0 spiro atoms. The van der Waals surface area contributed by atoms with E-state index in [0.717, 1.165) is 25.0 Å². The van der Waals surface area contributed by atoms with Crippen molar-refractivity contribution in [1.29, 1.82) is 0 Å². The van der Waals surface area contributed by atoms with Crippen molar-refractivity contribution in [2.75, 3.05) is 0 Å². The minimum atomic E-state index is -0.133. The molecule has 4 fully saturated rings. The Kier molecular flexibility index (Phi) is 4.44. The maximum absolute atomic E-state index is 11.5. The highest BCUT2D eigenvalue weighted by molar-refractivity contribution is 5.89. The number of hydrogen-bond donors (Lipinski definition) is 1. The number of hydrogen-bond acceptors (Lipinski definition) is 4. The fourth-order valence-electron chi connectivity index (χ4n) is 8.58. The van der Waals surface area contributed by atoms with Crippen molar-refractivity contribution in [3.05, 3.63) is 0 Å². The van der Waals surface area contributed by atoms with Crippen LogP contribution in [0.25, 0.3) is 0 Å². The molecule has 152 valence electrons. The first-order valence-corrected chi connectivity index (χ1v) is 11.1. The quantitative estimate of drug-likeness (QED) is 0.378. The molecule has 0 aromatic carbocycles. The molecule has 0 aromatic heterocycles. The highest BCUT2D eigenvalue weighted by atomic mass is 16.5. The first-order chi connectivity index (χ1) is 12.7. The molecule has 4 aliphatic carbocycles. The van der Waals surface area contributed by atoms with Crippen LogP contribution in [0.1, 0.15) is 86.0 Å². The Hall–Kier alpha value is -1.06. The van der Waals surface area contributed by atoms with Gasteiger partial charge in [-0.05, 0) is 85.4 Å². The largest absolute Gasteiger partial charge is 0.462 e. The van der Waals surface area contributed by atoms with Crippen LogP contribution >= 0.6 is 0 Å². The van der Waals surface area contributed by atoms with Gasteiger partial charge in [-0.2, -0.15) is 0 Å². The van der Waals surface area contributed by atoms with Crippen molar-refractivity contribution in [2.24, 2.45) is 45.1 Å². The molecule has 4 heteroatoms. The average molecular weight is 376 g/mol. The van der Waals surface area contributed by atoms with Gasteiger partial charge in [0.2, 0.25) is 0 Å². The Labute approximate surface area is 164 Å². The molecule has 0 aliphatic heterocycles. The zero-order valence-corrected chi connectivity index (χ0v) is 17.8. The predicted octanol–water partition coefficient (Wildman–Crippen LogP) is 5.43. The second-order valence-electron chi connectivity index (χ2n) is 10.8. The van der Waals surface area contributed by atoms with Gasteiger partial charge in [-0.1, -0.05) is 32.9 Å². The molecule has 1 N–H and O–H groups in total. The Morgan fingerprint density at radius 2 is 1.81 bits per heavy atom. The topological polar surface area (TPSA) is 58.9 Å². The van der Waals surface area contributed by atoms with Crippen LogP contribution in [0.5, 0.6) is 0 Å². The lowest BCUT2D eigenvalue weighted by molar-refractivity contribution is -0.201. The lowest BCUT2D eigenvalue weighted by Crippen LogP contribution is -2.62. The standard InChI is InChI=1S/C23H37NO3/c1-14-16-8-12-23(5)20(21(16,3)11-10-19(14)27-15(2)25)7-6-17-18(24-26)9-13-22(17,23)4/h14,16-17,19-20,26H,6-13H2,1-5H3/b24-18+/t14-,16?,17+,19+,20-,21-,22-,23-/m0/s1. The number of carbonyl (C=O) groups excluding carboxylic acids is 1. The third-order valence-corrected chi connectivity index (χ3v) is 10.1. The lowest BCUT2D eigenvalue weighted by atomic mass is 9.37. The summed E-state index contributed by atoms with van der Waals surface area (Å²) in [6, 6.07) is 0. The smallest absolute Gasteiger partial charge is 0.302 e. The SMILES string of the molecule is CC(=O)O[C@@H]1CC[C@@]2(C)C(CC[C@@]3(C)[C@H]2CC[C@@H]2/C(=N/O)CC[C@@]23C)[C@@H]1C. The maximum atomic E-state index is 11.5. The number of oxime groups is 1. The molecular formula is C23H37NO3. The maximum Gasteiger partial charge on any atom is 0.302 e. The summed E-state index contributed by atoms with van der Waals surface area (Å²) in [6.45, 7) is 11.4. The van der Waals surface area contributed by atoms with E-state index in [2.05, 4.69) is 32.9 Å². The van der Waals surface area contributed by atoms with Crippen molar-refractivity contribution in [3.8, 4) is 0 Å². The van der Waals surface area contributed by atoms with E-state index in [9.17, 15) is 10.0 Å². The zero-order valence-electron chi connectivity index (χ0n) is 17.8. The van der Waals surface area contributed by atoms with E-state index in [1.807, 2.05) is 0 Å². The van der Waals surface area contributed by atoms with Crippen LogP contribution in [0.15, 0.2) is 5.16 Å². The van der Waals surface area contributed by atoms with E-state index in [4.69, 9.17) is 4.74 Å². The fourth-order valence-corrected chi connectivity index (χ4v) is 8.58. The summed E-state index contributed by atoms with van der Waals surface area (Å²) in [5.41, 5.74) is 1.94. The third kappa shape index (κ3) is 2.47. The van der Waals surface area contributed by atoms with Gasteiger partial charge in [0.1, 0.15) is 6.10 Å². The molecule has 0 radical (unpaired) electrons. The molecule has 0 amide bonds. The minimum Gasteiger partial charge on any atom is -0.462 e. The van der Waals surface area contributed by atoms with Crippen molar-refractivity contribution in [3.63, 3.8) is 0 Å². The third-order valence-electron chi connectivity index (χ3n) is 10.1. The fraction of sp³-hybridized carbons (Fsp3) is 0.913. The van der Waals surface area contributed by atoms with Gasteiger partial charge in [-0.3, -0.25) is 4.79 Å². The molecule has 1 unspecified atom stereocenters. The van der Waals surface area contributed by atoms with Crippen LogP contribution in [-0.4, -0.2) is 23.0 Å². The van der Waals surface area contributed by atoms with E-state index in [-0.39, 0.29) is 17.5 Å². The molecule has 4 aliphatic rings. The summed E-state index contributed by atoms with van der Waals surface area (Å²) < 4.78 is 5.69. The summed E-state index contributed by atoms with van der Waals surface area (Å²) in [6.07, 6.45) is 9.29. The minimum absolute atomic E-state index is 0.0939. The molecule has 0 saturated heterocycles. The van der Waals surface area contributed by atoms with E-state index in [0.29, 0.717) is 34.5 Å². The van der Waals surface area contributed by atoms with Crippen LogP contribution < -0.4 is 0 Å². The Bertz CT molecular complexity index is 660. The zero-order chi connectivity index (χ0) is 19.6. The van der Waals surface area contributed by atoms with Gasteiger partial charge < -0.3 is 9.94 Å². The number of esters is 1. The van der Waals surface area contributed by atoms with Crippen LogP contribution in [-0.2, 0) is 9.53 Å². The summed E-state index contributed by atoms with van der Waals surface area (Å²) in [5.74, 6) is 2.12. The molecule has 4 saturated carbocycles. The number of rotatable bonds is 1. The Morgan fingerprint density at radius 3 is 2.48 bits per heavy atom. The summed E-state index contributed by atoms with van der Waals surface area (Å²) in [4.78, 5) is 11.5. The van der Waals surface area contributed by atoms with Crippen molar-refractivity contribution < 1.29 is 14.7 Å². The molecule has 0 heterocycles. The first kappa shape index (κ1) is 19.3. The number of fused-ring (bicyclic) bond motifs is 5. The summed E-state index contributed by atoms with van der Waals surface area (Å²) in [7, 11) is 0. The highest BCUT2D eigenvalue weighted by Crippen LogP contribution is 2.73. The van der Waals surface area contributed by atoms with Gasteiger partial charge in [0.25, 0.3) is 0 Å². The average Bonchev–Trinajstić information content (AvgIpc) is 2.95. The second-order valence-corrected chi connectivity index (χ2v) is 10.8. The van der Waals surface area contributed by atoms with Crippen molar-refractivity contribution in [2.45, 2.75) is 92.1 Å². The molecule has 8 atom stereocenters. The second kappa shape index (κ2) is 6.22. The summed E-state index contributed by atoms with van der Waals surface area (Å²) >= 11 is 0. The van der Waals surface area contributed by atoms with E-state index in [1.165, 1.54) is 32.1 Å². The van der Waals surface area contributed by atoms with Gasteiger partial charge in [0, 0.05) is 12.8 Å². The monoisotopic (exact) mass is 375 g/mol. The van der Waals surface area contributed by atoms with Crippen molar-refractivity contribution >= 4 is 11.7 Å². The van der Waals surface area contributed by atoms with Crippen molar-refractivity contribution in [1.82, 2.24) is 0 Å². The Balaban J connectivity index is 1.66. The van der Waals surface area contributed by atoms with Crippen LogP contribution in [0, 0.1) is 39.9 Å². The molecule has 4 nitrogen and oxygen atoms in total. The van der Waals surface area contributed by atoms with Crippen LogP contribution in [0.4, 0.5) is 0 Å². The van der Waals surface area contributed by atoms with E-state index in [1.54, 1.807) is 6.92 Å². The van der Waals surface area contributed by atoms with E-state index >= 15 is 0 Å². The number of ether oxygens (including phenoxy) is 1. The molecule has 0 aromatic rings. The van der Waals surface area contributed by atoms with Gasteiger partial charge in [-0.15, -0.1) is 0 Å². The van der Waals surface area contributed by atoms with Gasteiger partial charge in [0.05, 0.1) is 5.71 Å². The van der Waals surface area contributed by atoms with Crippen LogP contribution in [0.2, 0.25) is 0 Å². The summed E-state index contributed by atoms with van der Waals surface area (Å²) in [5, 5.41) is 13.2. The number of nitrogens with zero attached hydrogens (tertiary/aromatic N) is 1.